The van der Waals surface area contributed by atoms with Crippen molar-refractivity contribution in [2.45, 2.75) is 0 Å². The Kier molecular flexibility index (Phi) is 7.43. The first-order chi connectivity index (χ1) is 26.2. The van der Waals surface area contributed by atoms with Crippen LogP contribution >= 0.6 is 0 Å². The smallest absolute Gasteiger partial charge is 0.164 e. The van der Waals surface area contributed by atoms with Gasteiger partial charge in [-0.25, -0.2) is 15.0 Å². The van der Waals surface area contributed by atoms with Crippen LogP contribution in [0.25, 0.3) is 100 Å². The van der Waals surface area contributed by atoms with Gasteiger partial charge in [0.15, 0.2) is 17.5 Å². The average Bonchev–Trinajstić information content (AvgIpc) is 3.62. The summed E-state index contributed by atoms with van der Waals surface area (Å²) < 4.78 is 6.50. The predicted octanol–water partition coefficient (Wildman–Crippen LogP) is 12.9. The highest BCUT2D eigenvalue weighted by Crippen LogP contribution is 2.39. The molecule has 0 aliphatic carbocycles. The third-order valence-corrected chi connectivity index (χ3v) is 9.93. The molecular weight excluding hydrogens is 647 g/mol. The quantitative estimate of drug-likeness (QED) is 0.176. The van der Waals surface area contributed by atoms with Crippen molar-refractivity contribution < 1.29 is 4.42 Å². The molecule has 0 saturated heterocycles. The molecule has 0 bridgehead atoms. The normalized spacial score (nSPS) is 11.4. The van der Waals surface area contributed by atoms with Gasteiger partial charge in [-0.05, 0) is 74.5 Å². The summed E-state index contributed by atoms with van der Waals surface area (Å²) in [6.45, 7) is 0. The van der Waals surface area contributed by atoms with Crippen LogP contribution in [-0.2, 0) is 0 Å². The van der Waals surface area contributed by atoms with Crippen molar-refractivity contribution in [3.63, 3.8) is 0 Å². The van der Waals surface area contributed by atoms with Crippen molar-refractivity contribution in [1.29, 1.82) is 0 Å². The van der Waals surface area contributed by atoms with Gasteiger partial charge >= 0.3 is 0 Å². The number of rotatable bonds is 6. The summed E-state index contributed by atoms with van der Waals surface area (Å²) in [6.07, 6.45) is 0. The number of benzene rings is 8. The molecule has 10 rings (SSSR count). The van der Waals surface area contributed by atoms with E-state index in [1.54, 1.807) is 0 Å². The second-order valence-electron chi connectivity index (χ2n) is 13.2. The zero-order chi connectivity index (χ0) is 35.1. The molecule has 0 radical (unpaired) electrons. The molecule has 4 nitrogen and oxygen atoms in total. The molecule has 2 aromatic heterocycles. The molecular formula is C49H31N3O. The van der Waals surface area contributed by atoms with Gasteiger partial charge < -0.3 is 4.42 Å². The lowest BCUT2D eigenvalue weighted by atomic mass is 9.96. The van der Waals surface area contributed by atoms with Crippen molar-refractivity contribution in [3.8, 4) is 67.5 Å². The topological polar surface area (TPSA) is 51.8 Å². The maximum Gasteiger partial charge on any atom is 0.164 e. The van der Waals surface area contributed by atoms with Gasteiger partial charge in [-0.15, -0.1) is 0 Å². The Morgan fingerprint density at radius 2 is 0.830 bits per heavy atom. The summed E-state index contributed by atoms with van der Waals surface area (Å²) in [7, 11) is 0. The van der Waals surface area contributed by atoms with Gasteiger partial charge in [0.25, 0.3) is 0 Å². The Morgan fingerprint density at radius 3 is 1.55 bits per heavy atom. The molecule has 4 heteroatoms. The number of furan rings is 1. The minimum atomic E-state index is 0.581. The maximum atomic E-state index is 6.50. The van der Waals surface area contributed by atoms with Crippen LogP contribution in [0.5, 0.6) is 0 Å². The fourth-order valence-electron chi connectivity index (χ4n) is 7.34. The molecule has 0 spiro atoms. The first kappa shape index (κ1) is 30.6. The Labute approximate surface area is 306 Å². The van der Waals surface area contributed by atoms with E-state index in [0.29, 0.717) is 17.5 Å². The van der Waals surface area contributed by atoms with E-state index in [1.165, 1.54) is 11.1 Å². The number of aromatic nitrogens is 3. The van der Waals surface area contributed by atoms with E-state index >= 15 is 0 Å². The Hall–Kier alpha value is -7.17. The van der Waals surface area contributed by atoms with Crippen LogP contribution in [0.4, 0.5) is 0 Å². The Morgan fingerprint density at radius 1 is 0.302 bits per heavy atom. The summed E-state index contributed by atoms with van der Waals surface area (Å²) >= 11 is 0. The molecule has 0 fully saturated rings. The molecule has 0 aliphatic heterocycles. The first-order valence-electron chi connectivity index (χ1n) is 17.8. The third-order valence-electron chi connectivity index (χ3n) is 9.93. The molecule has 0 amide bonds. The fraction of sp³-hybridized carbons (Fsp3) is 0. The molecule has 2 heterocycles. The molecule has 8 aromatic carbocycles. The number of fused-ring (bicyclic) bond motifs is 4. The van der Waals surface area contributed by atoms with Crippen LogP contribution in [0.1, 0.15) is 0 Å². The van der Waals surface area contributed by atoms with Crippen LogP contribution in [0, 0.1) is 0 Å². The fourth-order valence-corrected chi connectivity index (χ4v) is 7.34. The van der Waals surface area contributed by atoms with Gasteiger partial charge in [0.05, 0.1) is 0 Å². The van der Waals surface area contributed by atoms with Crippen LogP contribution in [0.3, 0.4) is 0 Å². The lowest BCUT2D eigenvalue weighted by Crippen LogP contribution is -2.00. The summed E-state index contributed by atoms with van der Waals surface area (Å²) in [5, 5.41) is 4.45. The Balaban J connectivity index is 1.16. The largest absolute Gasteiger partial charge is 0.456 e. The van der Waals surface area contributed by atoms with E-state index in [0.717, 1.165) is 71.7 Å². The van der Waals surface area contributed by atoms with E-state index in [-0.39, 0.29) is 0 Å². The van der Waals surface area contributed by atoms with E-state index in [9.17, 15) is 0 Å². The highest BCUT2D eigenvalue weighted by atomic mass is 16.3. The summed E-state index contributed by atoms with van der Waals surface area (Å²) in [5.41, 5.74) is 11.2. The molecule has 0 atom stereocenters. The molecule has 0 saturated carbocycles. The zero-order valence-electron chi connectivity index (χ0n) is 28.6. The van der Waals surface area contributed by atoms with E-state index in [1.807, 2.05) is 24.3 Å². The molecule has 53 heavy (non-hydrogen) atoms. The highest BCUT2D eigenvalue weighted by molar-refractivity contribution is 6.13. The maximum absolute atomic E-state index is 6.50. The lowest BCUT2D eigenvalue weighted by Gasteiger charge is -2.12. The van der Waals surface area contributed by atoms with Crippen molar-refractivity contribution >= 4 is 32.7 Å². The molecule has 0 unspecified atom stereocenters. The SMILES string of the molecule is c1ccc(-c2cccc(-c3nc(-c4ccc5c(c4)oc4cccc(-c6ccccc6)c45)nc(-c4ccc5cccc(-c6ccccc6)c5c4)n3)c2)cc1. The van der Waals surface area contributed by atoms with Crippen molar-refractivity contribution in [3.05, 3.63) is 188 Å². The van der Waals surface area contributed by atoms with Gasteiger partial charge in [0.1, 0.15) is 11.2 Å². The Bertz CT molecular complexity index is 2940. The van der Waals surface area contributed by atoms with Gasteiger partial charge in [-0.3, -0.25) is 0 Å². The van der Waals surface area contributed by atoms with Crippen LogP contribution in [0.15, 0.2) is 192 Å². The summed E-state index contributed by atoms with van der Waals surface area (Å²) in [4.78, 5) is 15.4. The third kappa shape index (κ3) is 5.63. The minimum absolute atomic E-state index is 0.581. The van der Waals surface area contributed by atoms with Crippen molar-refractivity contribution in [1.82, 2.24) is 15.0 Å². The van der Waals surface area contributed by atoms with E-state index in [4.69, 9.17) is 19.4 Å². The van der Waals surface area contributed by atoms with Crippen molar-refractivity contribution in [2.24, 2.45) is 0 Å². The molecule has 0 aliphatic rings. The zero-order valence-corrected chi connectivity index (χ0v) is 28.6. The molecule has 248 valence electrons. The van der Waals surface area contributed by atoms with Gasteiger partial charge in [0.2, 0.25) is 0 Å². The average molecular weight is 678 g/mol. The summed E-state index contributed by atoms with van der Waals surface area (Å²) in [6, 6.07) is 65.2. The summed E-state index contributed by atoms with van der Waals surface area (Å²) in [5.74, 6) is 1.79. The van der Waals surface area contributed by atoms with Crippen molar-refractivity contribution in [2.75, 3.05) is 0 Å². The highest BCUT2D eigenvalue weighted by Gasteiger charge is 2.17. The van der Waals surface area contributed by atoms with Crippen LogP contribution < -0.4 is 0 Å². The predicted molar refractivity (Wildman–Crippen MR) is 217 cm³/mol. The second kappa shape index (κ2) is 12.9. The number of hydrogen-bond acceptors (Lipinski definition) is 4. The van der Waals surface area contributed by atoms with E-state index in [2.05, 4.69) is 164 Å². The second-order valence-corrected chi connectivity index (χ2v) is 13.2. The number of nitrogens with zero attached hydrogens (tertiary/aromatic N) is 3. The molecule has 10 aromatic rings. The molecule has 0 N–H and O–H groups in total. The van der Waals surface area contributed by atoms with E-state index < -0.39 is 0 Å². The van der Waals surface area contributed by atoms with Gasteiger partial charge in [-0.2, -0.15) is 0 Å². The lowest BCUT2D eigenvalue weighted by molar-refractivity contribution is 0.669. The minimum Gasteiger partial charge on any atom is -0.456 e. The number of hydrogen-bond donors (Lipinski definition) is 0. The van der Waals surface area contributed by atoms with Crippen LogP contribution in [0.2, 0.25) is 0 Å². The van der Waals surface area contributed by atoms with Crippen LogP contribution in [-0.4, -0.2) is 15.0 Å². The van der Waals surface area contributed by atoms with Gasteiger partial charge in [0, 0.05) is 27.5 Å². The van der Waals surface area contributed by atoms with Gasteiger partial charge in [-0.1, -0.05) is 158 Å². The first-order valence-corrected chi connectivity index (χ1v) is 17.8. The standard InChI is InChI=1S/C49H31N3O/c1-4-13-32(14-5-1)36-20-10-21-37(29-36)47-50-48(38-26-25-35-19-11-22-40(43(35)30-38)33-15-6-2-7-16-33)52-49(51-47)39-27-28-42-45(31-39)53-44-24-12-23-41(46(42)44)34-17-8-3-9-18-34/h1-31H. The monoisotopic (exact) mass is 677 g/mol.